The van der Waals surface area contributed by atoms with Crippen molar-refractivity contribution in [3.05, 3.63) is 52.3 Å². The third-order valence-electron chi connectivity index (χ3n) is 3.91. The number of nitrogens with zero attached hydrogens (tertiary/aromatic N) is 2. The molecule has 1 fully saturated rings. The lowest BCUT2D eigenvalue weighted by atomic mass is 10.1. The Kier molecular flexibility index (Phi) is 5.03. The number of halogens is 2. The van der Waals surface area contributed by atoms with Crippen molar-refractivity contribution >= 4 is 40.5 Å². The Morgan fingerprint density at radius 1 is 1.09 bits per heavy atom. The molecule has 120 valence electrons. The van der Waals surface area contributed by atoms with E-state index in [1.807, 2.05) is 18.2 Å². The number of benzene rings is 1. The lowest BCUT2D eigenvalue weighted by Crippen LogP contribution is -2.30. The summed E-state index contributed by atoms with van der Waals surface area (Å²) in [6, 6.07) is 8.87. The topological polar surface area (TPSA) is 45.2 Å². The fourth-order valence-corrected chi connectivity index (χ4v) is 3.30. The number of carbonyl (C=O) groups excluding carboxylic acids is 1. The van der Waals surface area contributed by atoms with Crippen molar-refractivity contribution in [1.29, 1.82) is 0 Å². The molecule has 1 aliphatic heterocycles. The van der Waals surface area contributed by atoms with Gasteiger partial charge in [0.1, 0.15) is 5.15 Å². The molecule has 1 N–H and O–H groups in total. The molecule has 0 bridgehead atoms. The van der Waals surface area contributed by atoms with Gasteiger partial charge in [0.05, 0.1) is 22.0 Å². The van der Waals surface area contributed by atoms with Gasteiger partial charge in [0.25, 0.3) is 5.91 Å². The summed E-state index contributed by atoms with van der Waals surface area (Å²) in [6.07, 6.45) is 5.05. The fraction of sp³-hybridized carbons (Fsp3) is 0.294. The predicted octanol–water partition coefficient (Wildman–Crippen LogP) is 4.63. The molecule has 1 saturated heterocycles. The number of hydrogen-bond acceptors (Lipinski definition) is 3. The Balaban J connectivity index is 1.89. The summed E-state index contributed by atoms with van der Waals surface area (Å²) in [6.45, 7) is 1.89. The number of rotatable bonds is 3. The first kappa shape index (κ1) is 16.1. The van der Waals surface area contributed by atoms with E-state index in [-0.39, 0.29) is 11.1 Å². The minimum Gasteiger partial charge on any atom is -0.369 e. The molecule has 0 unspecified atom stereocenters. The van der Waals surface area contributed by atoms with Gasteiger partial charge < -0.3 is 10.2 Å². The first-order valence-electron chi connectivity index (χ1n) is 7.62. The molecule has 1 aromatic carbocycles. The fourth-order valence-electron chi connectivity index (χ4n) is 2.80. The minimum atomic E-state index is -0.288. The van der Waals surface area contributed by atoms with E-state index in [4.69, 9.17) is 23.2 Å². The van der Waals surface area contributed by atoms with Crippen molar-refractivity contribution in [3.63, 3.8) is 0 Å². The maximum atomic E-state index is 12.5. The van der Waals surface area contributed by atoms with Crippen LogP contribution in [0.2, 0.25) is 10.2 Å². The second kappa shape index (κ2) is 7.20. The number of pyridine rings is 1. The van der Waals surface area contributed by atoms with Gasteiger partial charge in [-0.05, 0) is 43.5 Å². The lowest BCUT2D eigenvalue weighted by Gasteiger charge is -2.31. The quantitative estimate of drug-likeness (QED) is 0.821. The summed E-state index contributed by atoms with van der Waals surface area (Å²) in [7, 11) is 0. The van der Waals surface area contributed by atoms with Crippen LogP contribution in [0.3, 0.4) is 0 Å². The molecular formula is C17H17Cl2N3O. The summed E-state index contributed by atoms with van der Waals surface area (Å²) in [4.78, 5) is 18.7. The zero-order valence-electron chi connectivity index (χ0n) is 12.6. The molecule has 2 heterocycles. The maximum absolute atomic E-state index is 12.5. The summed E-state index contributed by atoms with van der Waals surface area (Å²) in [5.74, 6) is -0.288. The minimum absolute atomic E-state index is 0.187. The number of nitrogens with one attached hydrogen (secondary N) is 1. The summed E-state index contributed by atoms with van der Waals surface area (Å²) in [5, 5.41) is 3.74. The molecule has 0 aliphatic carbocycles. The largest absolute Gasteiger partial charge is 0.369 e. The number of aromatic nitrogens is 1. The van der Waals surface area contributed by atoms with E-state index >= 15 is 0 Å². The first-order valence-corrected chi connectivity index (χ1v) is 8.38. The number of piperidine rings is 1. The maximum Gasteiger partial charge on any atom is 0.258 e. The van der Waals surface area contributed by atoms with E-state index in [1.165, 1.54) is 6.42 Å². The Labute approximate surface area is 145 Å². The predicted molar refractivity (Wildman–Crippen MR) is 94.7 cm³/mol. The van der Waals surface area contributed by atoms with Crippen LogP contribution in [-0.2, 0) is 0 Å². The summed E-state index contributed by atoms with van der Waals surface area (Å²) in [5.41, 5.74) is 1.92. The number of amides is 1. The van der Waals surface area contributed by atoms with E-state index in [9.17, 15) is 4.79 Å². The lowest BCUT2D eigenvalue weighted by molar-refractivity contribution is 0.102. The number of para-hydroxylation sites is 1. The van der Waals surface area contributed by atoms with Crippen LogP contribution in [0.25, 0.3) is 0 Å². The van der Waals surface area contributed by atoms with E-state index in [0.29, 0.717) is 16.3 Å². The highest BCUT2D eigenvalue weighted by molar-refractivity contribution is 6.35. The Bertz CT molecular complexity index is 715. The van der Waals surface area contributed by atoms with Crippen LogP contribution in [0, 0.1) is 0 Å². The molecule has 0 radical (unpaired) electrons. The van der Waals surface area contributed by atoms with Crippen molar-refractivity contribution in [2.45, 2.75) is 19.3 Å². The Morgan fingerprint density at radius 3 is 2.61 bits per heavy atom. The third kappa shape index (κ3) is 3.59. The van der Waals surface area contributed by atoms with Crippen molar-refractivity contribution < 1.29 is 4.79 Å². The Hall–Kier alpha value is -1.78. The van der Waals surface area contributed by atoms with Crippen molar-refractivity contribution in [2.75, 3.05) is 23.3 Å². The van der Waals surface area contributed by atoms with Crippen molar-refractivity contribution in [2.24, 2.45) is 0 Å². The average Bonchev–Trinajstić information content (AvgIpc) is 2.56. The molecule has 6 heteroatoms. The highest BCUT2D eigenvalue weighted by Crippen LogP contribution is 2.36. The van der Waals surface area contributed by atoms with Gasteiger partial charge >= 0.3 is 0 Å². The van der Waals surface area contributed by atoms with E-state index < -0.39 is 0 Å². The molecule has 4 nitrogen and oxygen atoms in total. The van der Waals surface area contributed by atoms with Crippen LogP contribution in [-0.4, -0.2) is 24.0 Å². The Morgan fingerprint density at radius 2 is 1.87 bits per heavy atom. The molecular weight excluding hydrogens is 333 g/mol. The molecule has 0 atom stereocenters. The molecule has 23 heavy (non-hydrogen) atoms. The molecule has 2 aromatic rings. The van der Waals surface area contributed by atoms with E-state index in [1.54, 1.807) is 18.3 Å². The third-order valence-corrected chi connectivity index (χ3v) is 4.52. The standard InChI is InChI=1S/C17H17Cl2N3O/c18-13-7-4-8-14(15(13)22-10-2-1-3-11-22)21-17(23)12-6-5-9-20-16(12)19/h4-9H,1-3,10-11H2,(H,21,23). The van der Waals surface area contributed by atoms with Gasteiger partial charge in [0.2, 0.25) is 0 Å². The van der Waals surface area contributed by atoms with Gasteiger partial charge in [-0.25, -0.2) is 4.98 Å². The molecule has 3 rings (SSSR count). The zero-order valence-corrected chi connectivity index (χ0v) is 14.1. The number of carbonyl (C=O) groups is 1. The number of anilines is 2. The van der Waals surface area contributed by atoms with Crippen LogP contribution in [0.1, 0.15) is 29.6 Å². The summed E-state index contributed by atoms with van der Waals surface area (Å²) >= 11 is 12.4. The SMILES string of the molecule is O=C(Nc1cccc(Cl)c1N1CCCCC1)c1cccnc1Cl. The molecule has 1 aliphatic rings. The van der Waals surface area contributed by atoms with Gasteiger partial charge in [-0.2, -0.15) is 0 Å². The van der Waals surface area contributed by atoms with E-state index in [2.05, 4.69) is 15.2 Å². The molecule has 0 spiro atoms. The van der Waals surface area contributed by atoms with Gasteiger partial charge in [-0.3, -0.25) is 4.79 Å². The first-order chi connectivity index (χ1) is 11.2. The average molecular weight is 350 g/mol. The van der Waals surface area contributed by atoms with Gasteiger partial charge in [-0.15, -0.1) is 0 Å². The van der Waals surface area contributed by atoms with Crippen molar-refractivity contribution in [1.82, 2.24) is 4.98 Å². The van der Waals surface area contributed by atoms with Crippen LogP contribution in [0.15, 0.2) is 36.5 Å². The smallest absolute Gasteiger partial charge is 0.258 e. The second-order valence-corrected chi connectivity index (χ2v) is 6.24. The van der Waals surface area contributed by atoms with Gasteiger partial charge in [0.15, 0.2) is 0 Å². The summed E-state index contributed by atoms with van der Waals surface area (Å²) < 4.78 is 0. The number of hydrogen-bond donors (Lipinski definition) is 1. The second-order valence-electron chi connectivity index (χ2n) is 5.48. The highest BCUT2D eigenvalue weighted by atomic mass is 35.5. The normalized spacial score (nSPS) is 14.6. The van der Waals surface area contributed by atoms with Crippen LogP contribution in [0.4, 0.5) is 11.4 Å². The molecule has 0 saturated carbocycles. The zero-order chi connectivity index (χ0) is 16.2. The van der Waals surface area contributed by atoms with Crippen LogP contribution >= 0.6 is 23.2 Å². The van der Waals surface area contributed by atoms with Crippen LogP contribution in [0.5, 0.6) is 0 Å². The van der Waals surface area contributed by atoms with Crippen LogP contribution < -0.4 is 10.2 Å². The van der Waals surface area contributed by atoms with Gasteiger partial charge in [-0.1, -0.05) is 29.3 Å². The van der Waals surface area contributed by atoms with Gasteiger partial charge in [0, 0.05) is 19.3 Å². The highest BCUT2D eigenvalue weighted by Gasteiger charge is 2.20. The molecule has 1 aromatic heterocycles. The van der Waals surface area contributed by atoms with Crippen molar-refractivity contribution in [3.8, 4) is 0 Å². The monoisotopic (exact) mass is 349 g/mol. The van der Waals surface area contributed by atoms with E-state index in [0.717, 1.165) is 31.6 Å². The molecule has 1 amide bonds.